The molecule has 0 aliphatic heterocycles. The van der Waals surface area contributed by atoms with Gasteiger partial charge in [0.15, 0.2) is 0 Å². The molecule has 0 aromatic heterocycles. The molecular weight excluding hydrogens is 264 g/mol. The van der Waals surface area contributed by atoms with Gasteiger partial charge in [-0.25, -0.2) is 4.79 Å². The van der Waals surface area contributed by atoms with Crippen LogP contribution < -0.4 is 4.74 Å². The van der Waals surface area contributed by atoms with E-state index in [0.29, 0.717) is 19.0 Å². The van der Waals surface area contributed by atoms with E-state index >= 15 is 0 Å². The zero-order valence-electron chi connectivity index (χ0n) is 11.7. The van der Waals surface area contributed by atoms with Crippen molar-refractivity contribution >= 4 is 5.97 Å². The number of benzene rings is 1. The van der Waals surface area contributed by atoms with Gasteiger partial charge in [-0.2, -0.15) is 0 Å². The molecule has 0 aliphatic carbocycles. The van der Waals surface area contributed by atoms with Crippen LogP contribution in [0, 0.1) is 6.92 Å². The van der Waals surface area contributed by atoms with Crippen LogP contribution >= 0.6 is 0 Å². The zero-order valence-corrected chi connectivity index (χ0v) is 11.7. The van der Waals surface area contributed by atoms with Crippen LogP contribution in [0.25, 0.3) is 0 Å². The van der Waals surface area contributed by atoms with Gasteiger partial charge in [0.2, 0.25) is 0 Å². The van der Waals surface area contributed by atoms with E-state index in [4.69, 9.17) is 19.3 Å². The number of aryl methyl sites for hydroxylation is 1. The number of rotatable bonds is 9. The van der Waals surface area contributed by atoms with E-state index in [1.807, 2.05) is 6.92 Å². The van der Waals surface area contributed by atoms with Crippen LogP contribution in [0.5, 0.6) is 5.75 Å². The Hall–Kier alpha value is -1.63. The van der Waals surface area contributed by atoms with Crippen molar-refractivity contribution < 1.29 is 29.2 Å². The van der Waals surface area contributed by atoms with Crippen LogP contribution in [0.15, 0.2) is 18.2 Å². The number of hydrogen-bond donors (Lipinski definition) is 2. The number of hydrogen-bond acceptors (Lipinski definition) is 5. The Balaban J connectivity index is 2.44. The topological polar surface area (TPSA) is 85.2 Å². The van der Waals surface area contributed by atoms with Gasteiger partial charge in [-0.15, -0.1) is 0 Å². The first kappa shape index (κ1) is 16.4. The molecule has 0 saturated heterocycles. The number of carbonyl (C=O) groups is 1. The van der Waals surface area contributed by atoms with Crippen molar-refractivity contribution in [3.8, 4) is 5.75 Å². The van der Waals surface area contributed by atoms with Gasteiger partial charge < -0.3 is 24.4 Å². The molecule has 0 radical (unpaired) electrons. The third kappa shape index (κ3) is 5.56. The molecule has 0 spiro atoms. The van der Waals surface area contributed by atoms with E-state index < -0.39 is 12.1 Å². The first-order chi connectivity index (χ1) is 9.54. The number of aromatic carboxylic acids is 1. The molecule has 1 aromatic carbocycles. The lowest BCUT2D eigenvalue weighted by atomic mass is 10.1. The molecule has 1 unspecified atom stereocenters. The molecule has 0 aliphatic rings. The lowest BCUT2D eigenvalue weighted by Gasteiger charge is -2.14. The second kappa shape index (κ2) is 8.52. The van der Waals surface area contributed by atoms with Gasteiger partial charge in [0.05, 0.1) is 25.4 Å². The summed E-state index contributed by atoms with van der Waals surface area (Å²) in [7, 11) is 1.57. The quantitative estimate of drug-likeness (QED) is 0.660. The van der Waals surface area contributed by atoms with Crippen molar-refractivity contribution in [3.05, 3.63) is 29.3 Å². The average molecular weight is 284 g/mol. The number of ether oxygens (including phenoxy) is 3. The molecule has 0 saturated carbocycles. The second-order valence-electron chi connectivity index (χ2n) is 4.32. The SMILES string of the molecule is COCCOCC(O)COc1cc(C(=O)O)ccc1C. The normalized spacial score (nSPS) is 12.2. The number of aliphatic hydroxyl groups is 1. The molecular formula is C14H20O6. The first-order valence-electron chi connectivity index (χ1n) is 6.26. The monoisotopic (exact) mass is 284 g/mol. The highest BCUT2D eigenvalue weighted by Gasteiger charge is 2.10. The second-order valence-corrected chi connectivity index (χ2v) is 4.32. The molecule has 1 atom stereocenters. The number of aliphatic hydroxyl groups excluding tert-OH is 1. The van der Waals surface area contributed by atoms with E-state index in [1.54, 1.807) is 13.2 Å². The number of carboxylic acids is 1. The minimum absolute atomic E-state index is 0.0386. The van der Waals surface area contributed by atoms with Gasteiger partial charge in [-0.3, -0.25) is 0 Å². The summed E-state index contributed by atoms with van der Waals surface area (Å²) >= 11 is 0. The highest BCUT2D eigenvalue weighted by Crippen LogP contribution is 2.19. The Bertz CT molecular complexity index is 432. The summed E-state index contributed by atoms with van der Waals surface area (Å²) in [6.07, 6.45) is -0.778. The molecule has 0 bridgehead atoms. The van der Waals surface area contributed by atoms with Crippen LogP contribution in [0.3, 0.4) is 0 Å². The number of methoxy groups -OCH3 is 1. The molecule has 0 amide bonds. The Kier molecular flexibility index (Phi) is 7.00. The molecule has 2 N–H and O–H groups in total. The summed E-state index contributed by atoms with van der Waals surface area (Å²) in [6.45, 7) is 2.86. The fourth-order valence-electron chi connectivity index (χ4n) is 1.48. The van der Waals surface area contributed by atoms with Crippen molar-refractivity contribution in [2.45, 2.75) is 13.0 Å². The third-order valence-corrected chi connectivity index (χ3v) is 2.61. The number of carboxylic acid groups (broad SMARTS) is 1. The maximum atomic E-state index is 10.9. The largest absolute Gasteiger partial charge is 0.491 e. The molecule has 1 aromatic rings. The van der Waals surface area contributed by atoms with Gasteiger partial charge in [-0.05, 0) is 24.6 Å². The maximum absolute atomic E-state index is 10.9. The summed E-state index contributed by atoms with van der Waals surface area (Å²) in [5, 5.41) is 18.6. The van der Waals surface area contributed by atoms with Gasteiger partial charge in [0.1, 0.15) is 18.5 Å². The Morgan fingerprint density at radius 2 is 2.05 bits per heavy atom. The van der Waals surface area contributed by atoms with Crippen molar-refractivity contribution in [2.24, 2.45) is 0 Å². The molecule has 6 heteroatoms. The van der Waals surface area contributed by atoms with Gasteiger partial charge >= 0.3 is 5.97 Å². The van der Waals surface area contributed by atoms with Crippen molar-refractivity contribution in [2.75, 3.05) is 33.5 Å². The van der Waals surface area contributed by atoms with Crippen molar-refractivity contribution in [1.82, 2.24) is 0 Å². The summed E-state index contributed by atoms with van der Waals surface area (Å²) < 4.78 is 15.4. The third-order valence-electron chi connectivity index (χ3n) is 2.61. The molecule has 112 valence electrons. The van der Waals surface area contributed by atoms with E-state index in [0.717, 1.165) is 5.56 Å². The Labute approximate surface area is 117 Å². The van der Waals surface area contributed by atoms with Gasteiger partial charge in [-0.1, -0.05) is 6.07 Å². The molecule has 20 heavy (non-hydrogen) atoms. The van der Waals surface area contributed by atoms with Crippen LogP contribution in [0.1, 0.15) is 15.9 Å². The Morgan fingerprint density at radius 3 is 2.70 bits per heavy atom. The highest BCUT2D eigenvalue weighted by atomic mass is 16.5. The summed E-state index contributed by atoms with van der Waals surface area (Å²) in [6, 6.07) is 4.62. The van der Waals surface area contributed by atoms with Gasteiger partial charge in [0, 0.05) is 7.11 Å². The average Bonchev–Trinajstić information content (AvgIpc) is 2.42. The predicted octanol–water partition coefficient (Wildman–Crippen LogP) is 1.10. The standard InChI is InChI=1S/C14H20O6/c1-10-3-4-11(14(16)17)7-13(10)20-9-12(15)8-19-6-5-18-2/h3-4,7,12,15H,5-6,8-9H2,1-2H3,(H,16,17). The van der Waals surface area contributed by atoms with E-state index in [9.17, 15) is 9.90 Å². The summed E-state index contributed by atoms with van der Waals surface area (Å²) in [5.41, 5.74) is 0.957. The smallest absolute Gasteiger partial charge is 0.335 e. The molecule has 0 fully saturated rings. The molecule has 1 rings (SSSR count). The van der Waals surface area contributed by atoms with Crippen molar-refractivity contribution in [3.63, 3.8) is 0 Å². The van der Waals surface area contributed by atoms with E-state index in [-0.39, 0.29) is 18.8 Å². The minimum atomic E-state index is -1.02. The molecule has 6 nitrogen and oxygen atoms in total. The fourth-order valence-corrected chi connectivity index (χ4v) is 1.48. The van der Waals surface area contributed by atoms with E-state index in [2.05, 4.69) is 0 Å². The lowest BCUT2D eigenvalue weighted by Crippen LogP contribution is -2.24. The summed E-state index contributed by atoms with van der Waals surface area (Å²) in [5.74, 6) is -0.570. The Morgan fingerprint density at radius 1 is 1.30 bits per heavy atom. The molecule has 0 heterocycles. The highest BCUT2D eigenvalue weighted by molar-refractivity contribution is 5.88. The predicted molar refractivity (Wildman–Crippen MR) is 72.3 cm³/mol. The fraction of sp³-hybridized carbons (Fsp3) is 0.500. The zero-order chi connectivity index (χ0) is 15.0. The van der Waals surface area contributed by atoms with Crippen LogP contribution in [0.4, 0.5) is 0 Å². The van der Waals surface area contributed by atoms with Crippen LogP contribution in [0.2, 0.25) is 0 Å². The summed E-state index contributed by atoms with van der Waals surface area (Å²) in [4.78, 5) is 10.9. The van der Waals surface area contributed by atoms with Crippen LogP contribution in [-0.4, -0.2) is 55.8 Å². The van der Waals surface area contributed by atoms with Crippen LogP contribution in [-0.2, 0) is 9.47 Å². The van der Waals surface area contributed by atoms with Gasteiger partial charge in [0.25, 0.3) is 0 Å². The van der Waals surface area contributed by atoms with E-state index in [1.165, 1.54) is 12.1 Å². The van der Waals surface area contributed by atoms with Crippen molar-refractivity contribution in [1.29, 1.82) is 0 Å². The first-order valence-corrected chi connectivity index (χ1v) is 6.26. The maximum Gasteiger partial charge on any atom is 0.335 e. The minimum Gasteiger partial charge on any atom is -0.491 e. The lowest BCUT2D eigenvalue weighted by molar-refractivity contribution is -0.00429.